The topological polar surface area (TPSA) is 63.1 Å². The lowest BCUT2D eigenvalue weighted by Crippen LogP contribution is -2.61. The molecule has 0 bridgehead atoms. The Morgan fingerprint density at radius 3 is 2.54 bits per heavy atom. The number of benzene rings is 1. The average molecular weight is 351 g/mol. The molecule has 6 nitrogen and oxygen atoms in total. The Hall–Kier alpha value is -2.21. The maximum Gasteiger partial charge on any atom is 0.273 e. The smallest absolute Gasteiger partial charge is 0.273 e. The minimum atomic E-state index is -0.0959. The average Bonchev–Trinajstić information content (AvgIpc) is 3.32. The molecule has 0 spiro atoms. The van der Waals surface area contributed by atoms with E-state index in [0.717, 1.165) is 31.8 Å². The van der Waals surface area contributed by atoms with Crippen molar-refractivity contribution in [3.8, 4) is 0 Å². The number of nitrogens with zero attached hydrogens (tertiary/aromatic N) is 4. The molecule has 2 aromatic rings. The Labute approximate surface area is 153 Å². The number of hydrogen-bond donors (Lipinski definition) is 1. The number of carbonyl (C=O) groups is 1. The number of nitrogens with one attached hydrogen (secondary N) is 1. The fraction of sp³-hybridized carbons (Fsp3) is 0.550. The Kier molecular flexibility index (Phi) is 4.00. The lowest BCUT2D eigenvalue weighted by molar-refractivity contribution is 0.0200. The molecule has 1 N–H and O–H groups in total. The summed E-state index contributed by atoms with van der Waals surface area (Å²) in [6, 6.07) is 12.0. The Balaban J connectivity index is 1.19. The monoisotopic (exact) mass is 351 g/mol. The SMILES string of the molecule is O=C(NC1CN(C(c2ccccc2)C2CCC2)C1)c1cn(C2CC2)nn1. The number of likely N-dealkylation sites (tertiary alicyclic amines) is 1. The fourth-order valence-corrected chi connectivity index (χ4v) is 4.18. The first-order valence-corrected chi connectivity index (χ1v) is 9.79. The van der Waals surface area contributed by atoms with E-state index in [9.17, 15) is 4.79 Å². The molecule has 136 valence electrons. The Bertz CT molecular complexity index is 775. The van der Waals surface area contributed by atoms with E-state index < -0.39 is 0 Å². The van der Waals surface area contributed by atoms with Gasteiger partial charge in [-0.25, -0.2) is 4.68 Å². The van der Waals surface area contributed by atoms with E-state index in [0.29, 0.717) is 17.8 Å². The third-order valence-electron chi connectivity index (χ3n) is 6.04. The van der Waals surface area contributed by atoms with Crippen molar-refractivity contribution < 1.29 is 4.79 Å². The summed E-state index contributed by atoms with van der Waals surface area (Å²) >= 11 is 0. The number of rotatable bonds is 6. The minimum absolute atomic E-state index is 0.0959. The van der Waals surface area contributed by atoms with Crippen LogP contribution in [-0.4, -0.2) is 44.9 Å². The Morgan fingerprint density at radius 2 is 1.88 bits per heavy atom. The van der Waals surface area contributed by atoms with Crippen molar-refractivity contribution in [1.29, 1.82) is 0 Å². The van der Waals surface area contributed by atoms with Crippen LogP contribution in [0.5, 0.6) is 0 Å². The van der Waals surface area contributed by atoms with Crippen LogP contribution in [0, 0.1) is 5.92 Å². The predicted molar refractivity (Wildman–Crippen MR) is 97.6 cm³/mol. The highest BCUT2D eigenvalue weighted by Gasteiger charge is 2.40. The maximum absolute atomic E-state index is 12.4. The van der Waals surface area contributed by atoms with E-state index in [1.807, 2.05) is 4.68 Å². The zero-order chi connectivity index (χ0) is 17.5. The molecule has 26 heavy (non-hydrogen) atoms. The van der Waals surface area contributed by atoms with Gasteiger partial charge < -0.3 is 5.32 Å². The molecule has 1 aromatic carbocycles. The molecule has 3 aliphatic rings. The van der Waals surface area contributed by atoms with Crippen LogP contribution in [-0.2, 0) is 0 Å². The van der Waals surface area contributed by atoms with Crippen LogP contribution in [0.2, 0.25) is 0 Å². The van der Waals surface area contributed by atoms with Crippen molar-refractivity contribution in [2.75, 3.05) is 13.1 Å². The molecule has 1 atom stereocenters. The van der Waals surface area contributed by atoms with Crippen LogP contribution in [0.25, 0.3) is 0 Å². The molecule has 1 aromatic heterocycles. The summed E-state index contributed by atoms with van der Waals surface area (Å²) in [6.45, 7) is 1.83. The lowest BCUT2D eigenvalue weighted by atomic mass is 9.75. The van der Waals surface area contributed by atoms with Crippen molar-refractivity contribution in [2.24, 2.45) is 5.92 Å². The van der Waals surface area contributed by atoms with Gasteiger partial charge in [0, 0.05) is 19.1 Å². The standard InChI is InChI=1S/C20H25N5O/c26-20(18-13-25(23-22-18)17-9-10-17)21-16-11-24(12-16)19(15-7-4-8-15)14-5-2-1-3-6-14/h1-3,5-6,13,15-17,19H,4,7-12H2,(H,21,26). The number of carbonyl (C=O) groups excluding carboxylic acids is 1. The summed E-state index contributed by atoms with van der Waals surface area (Å²) in [5.41, 5.74) is 1.85. The van der Waals surface area contributed by atoms with Gasteiger partial charge in [0.2, 0.25) is 0 Å². The molecule has 3 fully saturated rings. The highest BCUT2D eigenvalue weighted by Crippen LogP contribution is 2.43. The molecule has 1 aliphatic heterocycles. The quantitative estimate of drug-likeness (QED) is 0.869. The second kappa shape index (κ2) is 6.50. The summed E-state index contributed by atoms with van der Waals surface area (Å²) in [5, 5.41) is 11.2. The van der Waals surface area contributed by atoms with Crippen molar-refractivity contribution in [2.45, 2.75) is 50.2 Å². The van der Waals surface area contributed by atoms with Gasteiger partial charge in [0.05, 0.1) is 18.3 Å². The van der Waals surface area contributed by atoms with Crippen LogP contribution in [0.3, 0.4) is 0 Å². The zero-order valence-electron chi connectivity index (χ0n) is 14.9. The third-order valence-corrected chi connectivity index (χ3v) is 6.04. The van der Waals surface area contributed by atoms with Gasteiger partial charge in [-0.2, -0.15) is 0 Å². The predicted octanol–water partition coefficient (Wildman–Crippen LogP) is 2.57. The van der Waals surface area contributed by atoms with Crippen LogP contribution in [0.4, 0.5) is 0 Å². The van der Waals surface area contributed by atoms with Crippen molar-refractivity contribution in [1.82, 2.24) is 25.2 Å². The minimum Gasteiger partial charge on any atom is -0.345 e. The van der Waals surface area contributed by atoms with Gasteiger partial charge >= 0.3 is 0 Å². The van der Waals surface area contributed by atoms with E-state index >= 15 is 0 Å². The van der Waals surface area contributed by atoms with Crippen LogP contribution >= 0.6 is 0 Å². The summed E-state index contributed by atoms with van der Waals surface area (Å²) in [7, 11) is 0. The van der Waals surface area contributed by atoms with E-state index in [-0.39, 0.29) is 11.9 Å². The molecule has 1 amide bonds. The molecule has 2 heterocycles. The van der Waals surface area contributed by atoms with Crippen molar-refractivity contribution in [3.05, 3.63) is 47.8 Å². The summed E-state index contributed by atoms with van der Waals surface area (Å²) in [5.74, 6) is 0.661. The second-order valence-electron chi connectivity index (χ2n) is 7.99. The summed E-state index contributed by atoms with van der Waals surface area (Å²) < 4.78 is 1.82. The van der Waals surface area contributed by atoms with Crippen molar-refractivity contribution >= 4 is 5.91 Å². The van der Waals surface area contributed by atoms with E-state index in [1.165, 1.54) is 24.8 Å². The Morgan fingerprint density at radius 1 is 1.12 bits per heavy atom. The van der Waals surface area contributed by atoms with Gasteiger partial charge in [-0.05, 0) is 37.2 Å². The van der Waals surface area contributed by atoms with E-state index in [4.69, 9.17) is 0 Å². The normalized spacial score (nSPS) is 22.5. The highest BCUT2D eigenvalue weighted by molar-refractivity contribution is 5.92. The molecule has 5 rings (SSSR count). The maximum atomic E-state index is 12.4. The highest BCUT2D eigenvalue weighted by atomic mass is 16.2. The molecule has 1 unspecified atom stereocenters. The fourth-order valence-electron chi connectivity index (χ4n) is 4.18. The first kappa shape index (κ1) is 16.0. The van der Waals surface area contributed by atoms with Gasteiger partial charge in [0.25, 0.3) is 5.91 Å². The second-order valence-corrected chi connectivity index (χ2v) is 7.99. The molecule has 6 heteroatoms. The summed E-state index contributed by atoms with van der Waals surface area (Å²) in [6.07, 6.45) is 8.05. The van der Waals surface area contributed by atoms with Crippen LogP contribution < -0.4 is 5.32 Å². The molecule has 2 aliphatic carbocycles. The van der Waals surface area contributed by atoms with E-state index in [1.54, 1.807) is 6.20 Å². The zero-order valence-corrected chi connectivity index (χ0v) is 14.9. The molecule has 1 saturated heterocycles. The van der Waals surface area contributed by atoms with Crippen molar-refractivity contribution in [3.63, 3.8) is 0 Å². The third kappa shape index (κ3) is 3.03. The molecular formula is C20H25N5O. The van der Waals surface area contributed by atoms with E-state index in [2.05, 4.69) is 50.9 Å². The van der Waals surface area contributed by atoms with Gasteiger partial charge in [0.15, 0.2) is 5.69 Å². The molecular weight excluding hydrogens is 326 g/mol. The van der Waals surface area contributed by atoms with Gasteiger partial charge in [0.1, 0.15) is 0 Å². The van der Waals surface area contributed by atoms with Crippen LogP contribution in [0.15, 0.2) is 36.5 Å². The lowest BCUT2D eigenvalue weighted by Gasteiger charge is -2.49. The largest absolute Gasteiger partial charge is 0.345 e. The number of aromatic nitrogens is 3. The number of hydrogen-bond acceptors (Lipinski definition) is 4. The van der Waals surface area contributed by atoms with Gasteiger partial charge in [-0.1, -0.05) is 42.0 Å². The molecule has 0 radical (unpaired) electrons. The first-order valence-electron chi connectivity index (χ1n) is 9.79. The van der Waals surface area contributed by atoms with Gasteiger partial charge in [-0.15, -0.1) is 5.10 Å². The molecule has 2 saturated carbocycles. The van der Waals surface area contributed by atoms with Crippen LogP contribution in [0.1, 0.15) is 60.2 Å². The first-order chi connectivity index (χ1) is 12.8. The number of amides is 1. The summed E-state index contributed by atoms with van der Waals surface area (Å²) in [4.78, 5) is 14.9. The van der Waals surface area contributed by atoms with Gasteiger partial charge in [-0.3, -0.25) is 9.69 Å².